The molecule has 2 fully saturated rings. The number of likely N-dealkylation sites (tertiary alicyclic amines) is 2. The molecule has 3 aliphatic rings. The first-order valence-electron chi connectivity index (χ1n) is 10.7. The van der Waals surface area contributed by atoms with E-state index in [2.05, 4.69) is 25.5 Å². The van der Waals surface area contributed by atoms with Crippen LogP contribution < -0.4 is 0 Å². The molecule has 1 spiro atoms. The van der Waals surface area contributed by atoms with Crippen LogP contribution >= 0.6 is 0 Å². The standard InChI is InChI=1S/C20H23FN8O4.CH4/c1-12-14(10-33-18(12)31)28-5-3-20(19(28)32)2-4-27(9-16(20)21)8-15(30)13-6-23-17(7-22-13)29-11-24-25-26-29;/h6-7,11,15-16,30H,2-5,8-10H2,1H3;1H4/t15-,16?,20+;/m0./s1. The molecule has 3 atom stereocenters. The average Bonchev–Trinajstić information content (AvgIpc) is 3.54. The van der Waals surface area contributed by atoms with Crippen molar-refractivity contribution in [1.29, 1.82) is 0 Å². The predicted molar refractivity (Wildman–Crippen MR) is 115 cm³/mol. The number of esters is 1. The number of tetrazole rings is 1. The number of β-amino-alcohol motifs (C(OH)–C–C–N with tert-alkyl or cyclic N) is 1. The number of cyclic esters (lactones) is 1. The van der Waals surface area contributed by atoms with Gasteiger partial charge in [0, 0.05) is 19.6 Å². The minimum Gasteiger partial charge on any atom is -0.456 e. The highest BCUT2D eigenvalue weighted by atomic mass is 19.1. The van der Waals surface area contributed by atoms with Crippen molar-refractivity contribution in [3.05, 3.63) is 35.7 Å². The average molecular weight is 474 g/mol. The van der Waals surface area contributed by atoms with Crippen molar-refractivity contribution in [2.45, 2.75) is 39.5 Å². The molecule has 5 heterocycles. The quantitative estimate of drug-likeness (QED) is 0.598. The van der Waals surface area contributed by atoms with E-state index in [0.29, 0.717) is 48.7 Å². The largest absolute Gasteiger partial charge is 0.456 e. The highest BCUT2D eigenvalue weighted by molar-refractivity contribution is 5.94. The molecule has 5 rings (SSSR count). The van der Waals surface area contributed by atoms with Crippen LogP contribution in [-0.4, -0.2) is 95.9 Å². The molecule has 0 bridgehead atoms. The summed E-state index contributed by atoms with van der Waals surface area (Å²) < 4.78 is 21.8. The lowest BCUT2D eigenvalue weighted by molar-refractivity contribution is -0.142. The number of rotatable bonds is 5. The number of aromatic nitrogens is 6. The molecule has 0 saturated carbocycles. The van der Waals surface area contributed by atoms with Crippen molar-refractivity contribution in [1.82, 2.24) is 40.0 Å². The van der Waals surface area contributed by atoms with Gasteiger partial charge in [0.15, 0.2) is 5.82 Å². The van der Waals surface area contributed by atoms with Crippen LogP contribution in [0.5, 0.6) is 0 Å². The molecule has 1 N–H and O–H groups in total. The fraction of sp³-hybridized carbons (Fsp3) is 0.571. The van der Waals surface area contributed by atoms with E-state index in [1.54, 1.807) is 11.8 Å². The minimum atomic E-state index is -1.39. The Morgan fingerprint density at radius 2 is 2.06 bits per heavy atom. The summed E-state index contributed by atoms with van der Waals surface area (Å²) in [5.41, 5.74) is 0.186. The van der Waals surface area contributed by atoms with Crippen LogP contribution in [0.4, 0.5) is 4.39 Å². The lowest BCUT2D eigenvalue weighted by Crippen LogP contribution is -2.53. The fourth-order valence-electron chi connectivity index (χ4n) is 4.72. The smallest absolute Gasteiger partial charge is 0.336 e. The van der Waals surface area contributed by atoms with Crippen LogP contribution in [0.25, 0.3) is 5.82 Å². The Balaban J connectivity index is 0.00000274. The SMILES string of the molecule is C.CC1=C(N2CC[C@@]3(CCN(C[C@H](O)c4cnc(-n5cnnn5)cn4)CC3F)C2=O)COC1=O. The van der Waals surface area contributed by atoms with Gasteiger partial charge in [-0.2, -0.15) is 4.68 Å². The molecule has 12 nitrogen and oxygen atoms in total. The number of amides is 1. The van der Waals surface area contributed by atoms with Crippen molar-refractivity contribution in [3.8, 4) is 5.82 Å². The molecular weight excluding hydrogens is 447 g/mol. The number of aliphatic hydroxyl groups excluding tert-OH is 1. The highest BCUT2D eigenvalue weighted by Crippen LogP contribution is 2.45. The number of carbonyl (C=O) groups is 2. The summed E-state index contributed by atoms with van der Waals surface area (Å²) in [4.78, 5) is 36.6. The summed E-state index contributed by atoms with van der Waals surface area (Å²) in [6.45, 7) is 2.70. The molecule has 2 saturated heterocycles. The first-order valence-corrected chi connectivity index (χ1v) is 10.7. The van der Waals surface area contributed by atoms with Crippen molar-refractivity contribution >= 4 is 11.9 Å². The van der Waals surface area contributed by atoms with Crippen molar-refractivity contribution in [2.75, 3.05) is 32.8 Å². The number of alkyl halides is 1. The summed E-state index contributed by atoms with van der Waals surface area (Å²) in [5, 5.41) is 21.4. The lowest BCUT2D eigenvalue weighted by atomic mass is 9.75. The number of ether oxygens (including phenoxy) is 1. The van der Waals surface area contributed by atoms with E-state index in [4.69, 9.17) is 4.74 Å². The number of hydrogen-bond donors (Lipinski definition) is 1. The molecule has 13 heteroatoms. The number of carbonyl (C=O) groups excluding carboxylic acids is 2. The van der Waals surface area contributed by atoms with Gasteiger partial charge < -0.3 is 14.7 Å². The fourth-order valence-corrected chi connectivity index (χ4v) is 4.72. The van der Waals surface area contributed by atoms with E-state index in [1.165, 1.54) is 28.3 Å². The number of nitrogens with zero attached hydrogens (tertiary/aromatic N) is 8. The number of aliphatic hydroxyl groups is 1. The van der Waals surface area contributed by atoms with Crippen molar-refractivity contribution < 1.29 is 23.8 Å². The maximum absolute atomic E-state index is 15.4. The number of piperidine rings is 1. The summed E-state index contributed by atoms with van der Waals surface area (Å²) in [5.74, 6) is -0.316. The third kappa shape index (κ3) is 3.94. The van der Waals surface area contributed by atoms with E-state index < -0.39 is 23.7 Å². The highest BCUT2D eigenvalue weighted by Gasteiger charge is 2.56. The molecule has 2 aromatic rings. The second-order valence-corrected chi connectivity index (χ2v) is 8.56. The first-order chi connectivity index (χ1) is 15.9. The molecular formula is C21H27FN8O4. The predicted octanol–water partition coefficient (Wildman–Crippen LogP) is 0.215. The topological polar surface area (TPSA) is 139 Å². The van der Waals surface area contributed by atoms with Crippen LogP contribution in [0.1, 0.15) is 39.0 Å². The van der Waals surface area contributed by atoms with Gasteiger partial charge in [-0.3, -0.25) is 14.7 Å². The van der Waals surface area contributed by atoms with Gasteiger partial charge in [-0.15, -0.1) is 5.10 Å². The maximum Gasteiger partial charge on any atom is 0.336 e. The lowest BCUT2D eigenvalue weighted by Gasteiger charge is -2.41. The summed E-state index contributed by atoms with van der Waals surface area (Å²) in [6, 6.07) is 0. The van der Waals surface area contributed by atoms with Crippen molar-refractivity contribution in [2.24, 2.45) is 5.41 Å². The molecule has 182 valence electrons. The second kappa shape index (κ2) is 9.14. The summed E-state index contributed by atoms with van der Waals surface area (Å²) >= 11 is 0. The molecule has 0 aliphatic carbocycles. The molecule has 0 radical (unpaired) electrons. The zero-order valence-electron chi connectivity index (χ0n) is 18.0. The van der Waals surface area contributed by atoms with Gasteiger partial charge in [-0.25, -0.2) is 14.2 Å². The van der Waals surface area contributed by atoms with Gasteiger partial charge in [0.2, 0.25) is 5.91 Å². The van der Waals surface area contributed by atoms with Gasteiger partial charge in [-0.1, -0.05) is 7.43 Å². The van der Waals surface area contributed by atoms with Gasteiger partial charge in [0.1, 0.15) is 25.2 Å². The summed E-state index contributed by atoms with van der Waals surface area (Å²) in [6.07, 6.45) is 2.62. The maximum atomic E-state index is 15.4. The first kappa shape index (κ1) is 23.8. The molecule has 34 heavy (non-hydrogen) atoms. The monoisotopic (exact) mass is 474 g/mol. The van der Waals surface area contributed by atoms with Crippen LogP contribution in [0.15, 0.2) is 30.0 Å². The van der Waals surface area contributed by atoms with Gasteiger partial charge in [-0.05, 0) is 36.7 Å². The molecule has 0 aromatic carbocycles. The third-order valence-corrected chi connectivity index (χ3v) is 6.76. The Hall–Kier alpha value is -3.32. The Labute approximate surface area is 195 Å². The van der Waals surface area contributed by atoms with E-state index >= 15 is 4.39 Å². The number of halogens is 1. The van der Waals surface area contributed by atoms with Crippen LogP contribution in [0.2, 0.25) is 0 Å². The molecule has 1 amide bonds. The Bertz CT molecular complexity index is 1090. The van der Waals surface area contributed by atoms with Crippen LogP contribution in [-0.2, 0) is 14.3 Å². The van der Waals surface area contributed by atoms with E-state index in [-0.39, 0.29) is 33.0 Å². The van der Waals surface area contributed by atoms with Gasteiger partial charge in [0.25, 0.3) is 0 Å². The zero-order valence-corrected chi connectivity index (χ0v) is 18.0. The normalized spacial score (nSPS) is 26.2. The third-order valence-electron chi connectivity index (χ3n) is 6.76. The van der Waals surface area contributed by atoms with Gasteiger partial charge >= 0.3 is 5.97 Å². The molecule has 3 aliphatic heterocycles. The van der Waals surface area contributed by atoms with E-state index in [0.717, 1.165) is 0 Å². The van der Waals surface area contributed by atoms with Crippen LogP contribution in [0.3, 0.4) is 0 Å². The van der Waals surface area contributed by atoms with E-state index in [9.17, 15) is 14.7 Å². The minimum absolute atomic E-state index is 0. The van der Waals surface area contributed by atoms with E-state index in [1.807, 2.05) is 0 Å². The van der Waals surface area contributed by atoms with Gasteiger partial charge in [0.05, 0.1) is 34.8 Å². The Morgan fingerprint density at radius 1 is 1.26 bits per heavy atom. The molecule has 1 unspecified atom stereocenters. The Kier molecular flexibility index (Phi) is 6.41. The van der Waals surface area contributed by atoms with Crippen molar-refractivity contribution in [3.63, 3.8) is 0 Å². The molecule has 2 aromatic heterocycles. The zero-order chi connectivity index (χ0) is 23.2. The summed E-state index contributed by atoms with van der Waals surface area (Å²) in [7, 11) is 0. The number of hydrogen-bond acceptors (Lipinski definition) is 10. The van der Waals surface area contributed by atoms with Crippen LogP contribution in [0, 0.1) is 5.41 Å². The second-order valence-electron chi connectivity index (χ2n) is 8.56. The Morgan fingerprint density at radius 3 is 2.68 bits per heavy atom.